The van der Waals surface area contributed by atoms with Crippen LogP contribution < -0.4 is 11.1 Å². The third kappa shape index (κ3) is 4.96. The molecule has 1 amide bonds. The summed E-state index contributed by atoms with van der Waals surface area (Å²) in [6.07, 6.45) is 3.09. The Bertz CT molecular complexity index is 485. The number of hydrogen-bond acceptors (Lipinski definition) is 5. The summed E-state index contributed by atoms with van der Waals surface area (Å²) in [5.41, 5.74) is 6.63. The molecular formula is C16H27N5O. The van der Waals surface area contributed by atoms with Gasteiger partial charge in [0.05, 0.1) is 0 Å². The fourth-order valence-electron chi connectivity index (χ4n) is 2.67. The number of aromatic nitrogens is 1. The maximum atomic E-state index is 12.0. The Morgan fingerprint density at radius 3 is 2.82 bits per heavy atom. The van der Waals surface area contributed by atoms with E-state index in [1.54, 1.807) is 6.20 Å². The summed E-state index contributed by atoms with van der Waals surface area (Å²) in [5, 5.41) is 2.92. The molecule has 1 fully saturated rings. The van der Waals surface area contributed by atoms with Gasteiger partial charge >= 0.3 is 0 Å². The molecule has 0 unspecified atom stereocenters. The zero-order valence-corrected chi connectivity index (χ0v) is 13.6. The summed E-state index contributed by atoms with van der Waals surface area (Å²) in [6.45, 7) is 7.05. The van der Waals surface area contributed by atoms with Crippen molar-refractivity contribution >= 4 is 11.7 Å². The van der Waals surface area contributed by atoms with Crippen molar-refractivity contribution in [1.82, 2.24) is 20.1 Å². The monoisotopic (exact) mass is 305 g/mol. The second kappa shape index (κ2) is 8.10. The molecule has 1 aromatic heterocycles. The molecular weight excluding hydrogens is 278 g/mol. The van der Waals surface area contributed by atoms with Crippen molar-refractivity contribution in [3.8, 4) is 0 Å². The Morgan fingerprint density at radius 1 is 1.41 bits per heavy atom. The van der Waals surface area contributed by atoms with Crippen LogP contribution in [0.2, 0.25) is 0 Å². The number of amides is 1. The van der Waals surface area contributed by atoms with Crippen LogP contribution in [0, 0.1) is 0 Å². The van der Waals surface area contributed by atoms with Crippen molar-refractivity contribution in [2.45, 2.75) is 32.4 Å². The summed E-state index contributed by atoms with van der Waals surface area (Å²) in [7, 11) is 2.15. The standard InChI is InChI=1S/C16H27N5O/c1-13(21-10-8-20(2)9-11-21)5-6-15(22)19-12-14-4-3-7-18-16(14)17/h3-4,7,13H,5-6,8-12H2,1-2H3,(H2,17,18)(H,19,22)/t13-/m0/s1. The van der Waals surface area contributed by atoms with E-state index in [1.165, 1.54) is 0 Å². The molecule has 22 heavy (non-hydrogen) atoms. The van der Waals surface area contributed by atoms with E-state index in [9.17, 15) is 4.79 Å². The van der Waals surface area contributed by atoms with Crippen LogP contribution in [-0.4, -0.2) is 60.0 Å². The maximum absolute atomic E-state index is 12.0. The van der Waals surface area contributed by atoms with Crippen LogP contribution in [0.3, 0.4) is 0 Å². The smallest absolute Gasteiger partial charge is 0.220 e. The average Bonchev–Trinajstić information content (AvgIpc) is 2.52. The van der Waals surface area contributed by atoms with Gasteiger partial charge in [0.25, 0.3) is 0 Å². The first-order chi connectivity index (χ1) is 10.6. The predicted molar refractivity (Wildman–Crippen MR) is 88.3 cm³/mol. The minimum Gasteiger partial charge on any atom is -0.383 e. The minimum atomic E-state index is 0.0734. The largest absolute Gasteiger partial charge is 0.383 e. The van der Waals surface area contributed by atoms with Gasteiger partial charge in [0.2, 0.25) is 5.91 Å². The van der Waals surface area contributed by atoms with E-state index < -0.39 is 0 Å². The highest BCUT2D eigenvalue weighted by atomic mass is 16.1. The van der Waals surface area contributed by atoms with E-state index in [-0.39, 0.29) is 5.91 Å². The number of nitrogens with zero attached hydrogens (tertiary/aromatic N) is 3. The van der Waals surface area contributed by atoms with Gasteiger partial charge in [-0.2, -0.15) is 0 Å². The molecule has 0 spiro atoms. The van der Waals surface area contributed by atoms with Crippen molar-refractivity contribution in [3.05, 3.63) is 23.9 Å². The lowest BCUT2D eigenvalue weighted by molar-refractivity contribution is -0.121. The molecule has 1 atom stereocenters. The zero-order valence-electron chi connectivity index (χ0n) is 13.6. The normalized spacial score (nSPS) is 18.1. The predicted octanol–water partition coefficient (Wildman–Crippen LogP) is 0.696. The first kappa shape index (κ1) is 16.7. The second-order valence-corrected chi connectivity index (χ2v) is 6.05. The van der Waals surface area contributed by atoms with Crippen molar-refractivity contribution < 1.29 is 4.79 Å². The maximum Gasteiger partial charge on any atom is 0.220 e. The number of piperazine rings is 1. The summed E-state index contributed by atoms with van der Waals surface area (Å²) in [6, 6.07) is 4.16. The summed E-state index contributed by atoms with van der Waals surface area (Å²) >= 11 is 0. The number of pyridine rings is 1. The molecule has 2 rings (SSSR count). The molecule has 2 heterocycles. The van der Waals surface area contributed by atoms with Gasteiger partial charge in [-0.3, -0.25) is 9.69 Å². The van der Waals surface area contributed by atoms with Gasteiger partial charge in [0.1, 0.15) is 5.82 Å². The molecule has 6 heteroatoms. The molecule has 1 aromatic rings. The van der Waals surface area contributed by atoms with Gasteiger partial charge in [-0.25, -0.2) is 4.98 Å². The number of likely N-dealkylation sites (N-methyl/N-ethyl adjacent to an activating group) is 1. The van der Waals surface area contributed by atoms with E-state index in [4.69, 9.17) is 5.73 Å². The highest BCUT2D eigenvalue weighted by Crippen LogP contribution is 2.10. The Balaban J connectivity index is 1.68. The van der Waals surface area contributed by atoms with Crippen LogP contribution in [-0.2, 0) is 11.3 Å². The summed E-state index contributed by atoms with van der Waals surface area (Å²) in [4.78, 5) is 20.8. The lowest BCUT2D eigenvalue weighted by atomic mass is 10.1. The van der Waals surface area contributed by atoms with Crippen molar-refractivity contribution in [2.75, 3.05) is 39.0 Å². The highest BCUT2D eigenvalue weighted by molar-refractivity contribution is 5.76. The lowest BCUT2D eigenvalue weighted by Crippen LogP contribution is -2.48. The van der Waals surface area contributed by atoms with Gasteiger partial charge < -0.3 is 16.0 Å². The summed E-state index contributed by atoms with van der Waals surface area (Å²) in [5.74, 6) is 0.554. The van der Waals surface area contributed by atoms with Crippen molar-refractivity contribution in [3.63, 3.8) is 0 Å². The van der Waals surface area contributed by atoms with E-state index in [0.717, 1.165) is 38.2 Å². The SMILES string of the molecule is C[C@@H](CCC(=O)NCc1cccnc1N)N1CCN(C)CC1. The number of carbonyl (C=O) groups is 1. The van der Waals surface area contributed by atoms with E-state index >= 15 is 0 Å². The van der Waals surface area contributed by atoms with Crippen molar-refractivity contribution in [2.24, 2.45) is 0 Å². The quantitative estimate of drug-likeness (QED) is 0.809. The fraction of sp³-hybridized carbons (Fsp3) is 0.625. The van der Waals surface area contributed by atoms with Gasteiger partial charge in [-0.1, -0.05) is 6.07 Å². The minimum absolute atomic E-state index is 0.0734. The number of nitrogens with one attached hydrogen (secondary N) is 1. The highest BCUT2D eigenvalue weighted by Gasteiger charge is 2.19. The zero-order chi connectivity index (χ0) is 15.9. The molecule has 0 aliphatic carbocycles. The summed E-state index contributed by atoms with van der Waals surface area (Å²) < 4.78 is 0. The van der Waals surface area contributed by atoms with Gasteiger partial charge in [-0.05, 0) is 26.5 Å². The van der Waals surface area contributed by atoms with Crippen LogP contribution in [0.15, 0.2) is 18.3 Å². The van der Waals surface area contributed by atoms with Crippen LogP contribution in [0.1, 0.15) is 25.3 Å². The molecule has 3 N–H and O–H groups in total. The van der Waals surface area contributed by atoms with Crippen LogP contribution in [0.4, 0.5) is 5.82 Å². The molecule has 122 valence electrons. The molecule has 0 radical (unpaired) electrons. The first-order valence-electron chi connectivity index (χ1n) is 7.95. The van der Waals surface area contributed by atoms with E-state index in [1.807, 2.05) is 12.1 Å². The third-order valence-electron chi connectivity index (χ3n) is 4.35. The Hall–Kier alpha value is -1.66. The second-order valence-electron chi connectivity index (χ2n) is 6.05. The van der Waals surface area contributed by atoms with Crippen LogP contribution >= 0.6 is 0 Å². The topological polar surface area (TPSA) is 74.5 Å². The van der Waals surface area contributed by atoms with Gasteiger partial charge in [0.15, 0.2) is 0 Å². The molecule has 0 aromatic carbocycles. The van der Waals surface area contributed by atoms with Gasteiger partial charge in [-0.15, -0.1) is 0 Å². The Kier molecular flexibility index (Phi) is 6.15. The molecule has 6 nitrogen and oxygen atoms in total. The number of nitrogen functional groups attached to an aromatic ring is 1. The molecule has 1 aliphatic rings. The number of carbonyl (C=O) groups excluding carboxylic acids is 1. The van der Waals surface area contributed by atoms with Crippen LogP contribution in [0.5, 0.6) is 0 Å². The third-order valence-corrected chi connectivity index (χ3v) is 4.35. The average molecular weight is 305 g/mol. The molecule has 1 aliphatic heterocycles. The number of rotatable bonds is 6. The van der Waals surface area contributed by atoms with E-state index in [0.29, 0.717) is 24.8 Å². The number of nitrogens with two attached hydrogens (primary N) is 1. The Morgan fingerprint density at radius 2 is 2.14 bits per heavy atom. The molecule has 0 bridgehead atoms. The number of hydrogen-bond donors (Lipinski definition) is 2. The Labute approximate surface area is 132 Å². The number of anilines is 1. The van der Waals surface area contributed by atoms with Gasteiger partial charge in [0, 0.05) is 56.9 Å². The van der Waals surface area contributed by atoms with Crippen molar-refractivity contribution in [1.29, 1.82) is 0 Å². The lowest BCUT2D eigenvalue weighted by Gasteiger charge is -2.36. The molecule has 0 saturated carbocycles. The van der Waals surface area contributed by atoms with E-state index in [2.05, 4.69) is 34.1 Å². The fourth-order valence-corrected chi connectivity index (χ4v) is 2.67. The first-order valence-corrected chi connectivity index (χ1v) is 7.95. The van der Waals surface area contributed by atoms with Crippen LogP contribution in [0.25, 0.3) is 0 Å². The molecule has 1 saturated heterocycles.